The summed E-state index contributed by atoms with van der Waals surface area (Å²) in [7, 11) is 0. The van der Waals surface area contributed by atoms with E-state index < -0.39 is 11.7 Å². The van der Waals surface area contributed by atoms with E-state index in [1.54, 1.807) is 51.1 Å². The van der Waals surface area contributed by atoms with Crippen LogP contribution in [-0.2, 0) is 20.9 Å². The van der Waals surface area contributed by atoms with Gasteiger partial charge in [0.05, 0.1) is 11.6 Å². The maximum atomic E-state index is 12.1. The summed E-state index contributed by atoms with van der Waals surface area (Å²) >= 11 is 6.03. The molecular weight excluding hydrogens is 458 g/mol. The Morgan fingerprint density at radius 1 is 0.941 bits per heavy atom. The van der Waals surface area contributed by atoms with Crippen LogP contribution in [0.25, 0.3) is 0 Å². The van der Waals surface area contributed by atoms with Gasteiger partial charge < -0.3 is 25.4 Å². The molecule has 3 amide bonds. The lowest BCUT2D eigenvalue weighted by Gasteiger charge is -2.19. The zero-order chi connectivity index (χ0) is 25.0. The lowest BCUT2D eigenvalue weighted by atomic mass is 10.2. The van der Waals surface area contributed by atoms with Crippen LogP contribution in [0.1, 0.15) is 45.6 Å². The molecule has 0 heterocycles. The molecule has 2 rings (SSSR count). The second kappa shape index (κ2) is 13.4. The van der Waals surface area contributed by atoms with Crippen LogP contribution in [0.15, 0.2) is 48.5 Å². The van der Waals surface area contributed by atoms with Crippen molar-refractivity contribution in [3.63, 3.8) is 0 Å². The van der Waals surface area contributed by atoms with Crippen molar-refractivity contribution in [2.24, 2.45) is 0 Å². The van der Waals surface area contributed by atoms with Gasteiger partial charge in [0, 0.05) is 31.6 Å². The second-order valence-electron chi connectivity index (χ2n) is 8.59. The topological polar surface area (TPSA) is 106 Å². The standard InChI is InChI=1S/C25H32ClN3O5/c1-25(2,3)34-24(32)27-14-13-23(31)29-19-9-6-8-18(16-19)17-28-22(30)12-7-15-33-21-11-5-4-10-20(21)26/h4-6,8-11,16H,7,12-15,17H2,1-3H3,(H,27,32)(H,28,30)(H,29,31). The van der Waals surface area contributed by atoms with E-state index in [0.29, 0.717) is 42.5 Å². The Morgan fingerprint density at radius 2 is 1.71 bits per heavy atom. The molecule has 0 aliphatic carbocycles. The predicted octanol–water partition coefficient (Wildman–Crippen LogP) is 4.67. The van der Waals surface area contributed by atoms with Crippen LogP contribution in [-0.4, -0.2) is 36.7 Å². The van der Waals surface area contributed by atoms with E-state index in [2.05, 4.69) is 16.0 Å². The highest BCUT2D eigenvalue weighted by Crippen LogP contribution is 2.23. The van der Waals surface area contributed by atoms with E-state index in [1.807, 2.05) is 18.2 Å². The van der Waals surface area contributed by atoms with Gasteiger partial charge in [-0.3, -0.25) is 9.59 Å². The first-order valence-electron chi connectivity index (χ1n) is 11.1. The SMILES string of the molecule is CC(C)(C)OC(=O)NCCC(=O)Nc1cccc(CNC(=O)CCCOc2ccccc2Cl)c1. The number of amides is 3. The van der Waals surface area contributed by atoms with E-state index in [-0.39, 0.29) is 24.8 Å². The molecule has 0 saturated carbocycles. The molecule has 0 bridgehead atoms. The number of halogens is 1. The molecular formula is C25H32ClN3O5. The largest absolute Gasteiger partial charge is 0.492 e. The molecule has 0 aliphatic heterocycles. The van der Waals surface area contributed by atoms with Crippen molar-refractivity contribution in [3.05, 3.63) is 59.1 Å². The first-order valence-corrected chi connectivity index (χ1v) is 11.5. The zero-order valence-electron chi connectivity index (χ0n) is 19.8. The summed E-state index contributed by atoms with van der Waals surface area (Å²) in [5, 5.41) is 8.73. The summed E-state index contributed by atoms with van der Waals surface area (Å²) < 4.78 is 10.7. The Balaban J connectivity index is 1.66. The number of ether oxygens (including phenoxy) is 2. The fourth-order valence-corrected chi connectivity index (χ4v) is 3.03. The van der Waals surface area contributed by atoms with Gasteiger partial charge >= 0.3 is 6.09 Å². The van der Waals surface area contributed by atoms with Gasteiger partial charge in [-0.1, -0.05) is 35.9 Å². The van der Waals surface area contributed by atoms with Crippen molar-refractivity contribution in [1.29, 1.82) is 0 Å². The number of nitrogens with one attached hydrogen (secondary N) is 3. The van der Waals surface area contributed by atoms with Crippen LogP contribution in [0.3, 0.4) is 0 Å². The summed E-state index contributed by atoms with van der Waals surface area (Å²) in [5.41, 5.74) is 0.874. The molecule has 34 heavy (non-hydrogen) atoms. The van der Waals surface area contributed by atoms with Crippen molar-refractivity contribution >= 4 is 35.2 Å². The number of alkyl carbamates (subject to hydrolysis) is 1. The molecule has 0 atom stereocenters. The van der Waals surface area contributed by atoms with Gasteiger partial charge in [-0.05, 0) is 57.0 Å². The predicted molar refractivity (Wildman–Crippen MR) is 132 cm³/mol. The van der Waals surface area contributed by atoms with E-state index in [4.69, 9.17) is 21.1 Å². The number of carbonyl (C=O) groups is 3. The van der Waals surface area contributed by atoms with Gasteiger partial charge in [-0.25, -0.2) is 4.79 Å². The van der Waals surface area contributed by atoms with Gasteiger partial charge in [0.15, 0.2) is 0 Å². The summed E-state index contributed by atoms with van der Waals surface area (Å²) in [5.74, 6) is 0.269. The number of hydrogen-bond donors (Lipinski definition) is 3. The van der Waals surface area contributed by atoms with Crippen molar-refractivity contribution in [1.82, 2.24) is 10.6 Å². The first-order chi connectivity index (χ1) is 16.1. The van der Waals surface area contributed by atoms with Crippen molar-refractivity contribution < 1.29 is 23.9 Å². The van der Waals surface area contributed by atoms with E-state index in [0.717, 1.165) is 5.56 Å². The Bertz CT molecular complexity index is 975. The highest BCUT2D eigenvalue weighted by molar-refractivity contribution is 6.32. The second-order valence-corrected chi connectivity index (χ2v) is 8.99. The van der Waals surface area contributed by atoms with Crippen molar-refractivity contribution in [2.75, 3.05) is 18.5 Å². The average Bonchev–Trinajstić information content (AvgIpc) is 2.75. The Hall–Kier alpha value is -3.26. The molecule has 8 nitrogen and oxygen atoms in total. The molecule has 2 aromatic carbocycles. The summed E-state index contributed by atoms with van der Waals surface area (Å²) in [4.78, 5) is 35.9. The number of benzene rings is 2. The molecule has 0 unspecified atom stereocenters. The Labute approximate surface area is 205 Å². The highest BCUT2D eigenvalue weighted by Gasteiger charge is 2.16. The Kier molecular flexibility index (Phi) is 10.7. The third kappa shape index (κ3) is 11.0. The molecule has 0 saturated heterocycles. The van der Waals surface area contributed by atoms with Crippen LogP contribution in [0.2, 0.25) is 5.02 Å². The molecule has 184 valence electrons. The van der Waals surface area contributed by atoms with Crippen LogP contribution in [0.4, 0.5) is 10.5 Å². The average molecular weight is 490 g/mol. The van der Waals surface area contributed by atoms with Gasteiger partial charge in [-0.15, -0.1) is 0 Å². The number of anilines is 1. The van der Waals surface area contributed by atoms with E-state index in [1.165, 1.54) is 0 Å². The fourth-order valence-electron chi connectivity index (χ4n) is 2.84. The quantitative estimate of drug-likeness (QED) is 0.398. The lowest BCUT2D eigenvalue weighted by molar-refractivity contribution is -0.121. The van der Waals surface area contributed by atoms with Gasteiger partial charge in [-0.2, -0.15) is 0 Å². The van der Waals surface area contributed by atoms with Crippen molar-refractivity contribution in [2.45, 2.75) is 52.2 Å². The molecule has 9 heteroatoms. The van der Waals surface area contributed by atoms with E-state index >= 15 is 0 Å². The number of para-hydroxylation sites is 1. The molecule has 0 spiro atoms. The van der Waals surface area contributed by atoms with Crippen molar-refractivity contribution in [3.8, 4) is 5.75 Å². The normalized spacial score (nSPS) is 10.8. The molecule has 0 aliphatic rings. The number of carbonyl (C=O) groups excluding carboxylic acids is 3. The summed E-state index contributed by atoms with van der Waals surface area (Å²) in [6.45, 7) is 6.20. The van der Waals surface area contributed by atoms with Gasteiger partial charge in [0.25, 0.3) is 0 Å². The summed E-state index contributed by atoms with van der Waals surface area (Å²) in [6, 6.07) is 14.4. The zero-order valence-corrected chi connectivity index (χ0v) is 20.5. The fraction of sp³-hybridized carbons (Fsp3) is 0.400. The minimum Gasteiger partial charge on any atom is -0.492 e. The molecule has 0 radical (unpaired) electrons. The third-order valence-corrected chi connectivity index (χ3v) is 4.68. The maximum Gasteiger partial charge on any atom is 0.407 e. The molecule has 3 N–H and O–H groups in total. The Morgan fingerprint density at radius 3 is 2.44 bits per heavy atom. The van der Waals surface area contributed by atoms with E-state index in [9.17, 15) is 14.4 Å². The number of rotatable bonds is 11. The lowest BCUT2D eigenvalue weighted by Crippen LogP contribution is -2.34. The van der Waals surface area contributed by atoms with Crippen LogP contribution >= 0.6 is 11.6 Å². The van der Waals surface area contributed by atoms with Crippen LogP contribution < -0.4 is 20.7 Å². The molecule has 0 aromatic heterocycles. The van der Waals surface area contributed by atoms with Gasteiger partial charge in [0.1, 0.15) is 11.4 Å². The monoisotopic (exact) mass is 489 g/mol. The maximum absolute atomic E-state index is 12.1. The smallest absolute Gasteiger partial charge is 0.407 e. The number of hydrogen-bond acceptors (Lipinski definition) is 5. The van der Waals surface area contributed by atoms with Crippen LogP contribution in [0, 0.1) is 0 Å². The highest BCUT2D eigenvalue weighted by atomic mass is 35.5. The summed E-state index contributed by atoms with van der Waals surface area (Å²) in [6.07, 6.45) is 0.431. The van der Waals surface area contributed by atoms with Crippen LogP contribution in [0.5, 0.6) is 5.75 Å². The van der Waals surface area contributed by atoms with Gasteiger partial charge in [0.2, 0.25) is 11.8 Å². The third-order valence-electron chi connectivity index (χ3n) is 4.36. The molecule has 0 fully saturated rings. The first kappa shape index (κ1) is 27.0. The minimum atomic E-state index is -0.591. The molecule has 2 aromatic rings. The minimum absolute atomic E-state index is 0.0922.